The number of aliphatic carboxylic acids is 1. The number of carboxylic acid groups (broad SMARTS) is 1. The molecule has 1 saturated heterocycles. The van der Waals surface area contributed by atoms with Crippen LogP contribution in [-0.4, -0.2) is 24.2 Å². The van der Waals surface area contributed by atoms with Gasteiger partial charge in [-0.25, -0.2) is 0 Å². The van der Waals surface area contributed by atoms with E-state index in [9.17, 15) is 9.90 Å². The highest BCUT2D eigenvalue weighted by Crippen LogP contribution is 2.37. The van der Waals surface area contributed by atoms with Crippen molar-refractivity contribution in [3.05, 3.63) is 36.5 Å². The molecule has 1 aliphatic rings. The molecule has 3 heteroatoms. The van der Waals surface area contributed by atoms with Crippen LogP contribution in [0.5, 0.6) is 0 Å². The second-order valence-electron chi connectivity index (χ2n) is 3.99. The van der Waals surface area contributed by atoms with Gasteiger partial charge in [-0.15, -0.1) is 0 Å². The number of hydrogen-bond acceptors (Lipinski definition) is 2. The van der Waals surface area contributed by atoms with E-state index in [0.29, 0.717) is 12.8 Å². The lowest BCUT2D eigenvalue weighted by molar-refractivity contribution is -0.147. The van der Waals surface area contributed by atoms with E-state index in [1.54, 1.807) is 6.08 Å². The van der Waals surface area contributed by atoms with Gasteiger partial charge in [-0.05, 0) is 38.4 Å². The summed E-state index contributed by atoms with van der Waals surface area (Å²) in [4.78, 5) is 11.5. The molecule has 1 heterocycles. The quantitative estimate of drug-likeness (QED) is 0.715. The molecule has 3 nitrogen and oxygen atoms in total. The Bertz CT molecular complexity index is 323. The minimum absolute atomic E-state index is 0.623. The van der Waals surface area contributed by atoms with Crippen molar-refractivity contribution in [2.75, 3.05) is 13.1 Å². The molecule has 88 valence electrons. The number of piperidine rings is 1. The van der Waals surface area contributed by atoms with E-state index in [-0.39, 0.29) is 0 Å². The second-order valence-corrected chi connectivity index (χ2v) is 3.99. The summed E-state index contributed by atoms with van der Waals surface area (Å²) < 4.78 is 0. The number of carboxylic acids is 1. The van der Waals surface area contributed by atoms with Crippen LogP contribution in [0.3, 0.4) is 0 Å². The molecule has 0 aromatic heterocycles. The van der Waals surface area contributed by atoms with Crippen LogP contribution in [0.1, 0.15) is 19.8 Å². The van der Waals surface area contributed by atoms with Crippen molar-refractivity contribution in [2.45, 2.75) is 19.8 Å². The summed E-state index contributed by atoms with van der Waals surface area (Å²) in [6.07, 6.45) is 8.52. The second kappa shape index (κ2) is 5.66. The average Bonchev–Trinajstić information content (AvgIpc) is 2.31. The van der Waals surface area contributed by atoms with Crippen molar-refractivity contribution < 1.29 is 9.90 Å². The lowest BCUT2D eigenvalue weighted by Crippen LogP contribution is -2.43. The minimum Gasteiger partial charge on any atom is -0.481 e. The van der Waals surface area contributed by atoms with Crippen LogP contribution in [0, 0.1) is 5.41 Å². The lowest BCUT2D eigenvalue weighted by Gasteiger charge is -2.34. The third-order valence-corrected chi connectivity index (χ3v) is 3.11. The molecule has 0 amide bonds. The Kier molecular flexibility index (Phi) is 4.50. The highest BCUT2D eigenvalue weighted by Gasteiger charge is 2.41. The van der Waals surface area contributed by atoms with E-state index in [2.05, 4.69) is 11.9 Å². The molecule has 0 saturated carbocycles. The molecule has 16 heavy (non-hydrogen) atoms. The summed E-state index contributed by atoms with van der Waals surface area (Å²) in [5, 5.41) is 12.6. The van der Waals surface area contributed by atoms with Gasteiger partial charge < -0.3 is 10.4 Å². The zero-order valence-electron chi connectivity index (χ0n) is 9.70. The summed E-state index contributed by atoms with van der Waals surface area (Å²) >= 11 is 0. The van der Waals surface area contributed by atoms with Gasteiger partial charge in [-0.3, -0.25) is 4.79 Å². The van der Waals surface area contributed by atoms with Crippen molar-refractivity contribution >= 4 is 5.97 Å². The molecule has 1 aliphatic heterocycles. The topological polar surface area (TPSA) is 49.3 Å². The minimum atomic E-state index is -0.757. The number of hydrogen-bond donors (Lipinski definition) is 2. The maximum atomic E-state index is 11.5. The summed E-state index contributed by atoms with van der Waals surface area (Å²) in [6, 6.07) is 0. The van der Waals surface area contributed by atoms with Gasteiger partial charge in [0, 0.05) is 0 Å². The number of nitrogens with one attached hydrogen (secondary N) is 1. The third kappa shape index (κ3) is 2.42. The number of carbonyl (C=O) groups is 1. The largest absolute Gasteiger partial charge is 0.481 e. The van der Waals surface area contributed by atoms with E-state index in [4.69, 9.17) is 0 Å². The van der Waals surface area contributed by atoms with Gasteiger partial charge in [0.05, 0.1) is 5.41 Å². The molecule has 0 aromatic rings. The van der Waals surface area contributed by atoms with Gasteiger partial charge in [0.2, 0.25) is 0 Å². The molecule has 0 spiro atoms. The summed E-state index contributed by atoms with van der Waals surface area (Å²) in [5.41, 5.74) is 0.0478. The Hall–Kier alpha value is -1.35. The van der Waals surface area contributed by atoms with Crippen LogP contribution < -0.4 is 5.32 Å². The first kappa shape index (κ1) is 12.7. The molecule has 1 fully saturated rings. The molecule has 2 N–H and O–H groups in total. The van der Waals surface area contributed by atoms with Gasteiger partial charge in [-0.1, -0.05) is 30.9 Å². The highest BCUT2D eigenvalue weighted by molar-refractivity contribution is 5.80. The van der Waals surface area contributed by atoms with E-state index < -0.39 is 11.4 Å². The fourth-order valence-corrected chi connectivity index (χ4v) is 2.10. The van der Waals surface area contributed by atoms with E-state index in [1.165, 1.54) is 0 Å². The Morgan fingerprint density at radius 2 is 2.06 bits per heavy atom. The van der Waals surface area contributed by atoms with Gasteiger partial charge in [0.1, 0.15) is 0 Å². The van der Waals surface area contributed by atoms with Crippen molar-refractivity contribution in [3.63, 3.8) is 0 Å². The van der Waals surface area contributed by atoms with Crippen molar-refractivity contribution in [2.24, 2.45) is 5.41 Å². The SMILES string of the molecule is C=C/C(=C\C=C/C)C1(C(=O)O)CCNCC1. The molecule has 0 unspecified atom stereocenters. The van der Waals surface area contributed by atoms with Crippen molar-refractivity contribution in [3.8, 4) is 0 Å². The monoisotopic (exact) mass is 221 g/mol. The van der Waals surface area contributed by atoms with Gasteiger partial charge in [-0.2, -0.15) is 0 Å². The number of rotatable bonds is 4. The van der Waals surface area contributed by atoms with E-state index in [1.807, 2.05) is 25.2 Å². The fourth-order valence-electron chi connectivity index (χ4n) is 2.10. The maximum Gasteiger partial charge on any atom is 0.314 e. The van der Waals surface area contributed by atoms with Crippen LogP contribution in [-0.2, 0) is 4.79 Å². The third-order valence-electron chi connectivity index (χ3n) is 3.11. The van der Waals surface area contributed by atoms with E-state index >= 15 is 0 Å². The predicted molar refractivity (Wildman–Crippen MR) is 65.3 cm³/mol. The molecule has 1 rings (SSSR count). The predicted octanol–water partition coefficient (Wildman–Crippen LogP) is 2.13. The van der Waals surface area contributed by atoms with Gasteiger partial charge >= 0.3 is 5.97 Å². The molecular weight excluding hydrogens is 202 g/mol. The zero-order valence-corrected chi connectivity index (χ0v) is 9.70. The summed E-state index contributed by atoms with van der Waals surface area (Å²) in [6.45, 7) is 7.13. The zero-order chi connectivity index (χ0) is 12.0. The fraction of sp³-hybridized carbons (Fsp3) is 0.462. The normalized spacial score (nSPS) is 20.9. The van der Waals surface area contributed by atoms with Crippen LogP contribution in [0.4, 0.5) is 0 Å². The lowest BCUT2D eigenvalue weighted by atomic mass is 9.72. The van der Waals surface area contributed by atoms with Gasteiger partial charge in [0.25, 0.3) is 0 Å². The summed E-state index contributed by atoms with van der Waals surface area (Å²) in [7, 11) is 0. The highest BCUT2D eigenvalue weighted by atomic mass is 16.4. The first-order valence-corrected chi connectivity index (χ1v) is 5.57. The molecule has 0 bridgehead atoms. The standard InChI is InChI=1S/C13H19NO2/c1-3-5-6-11(4-2)13(12(15)16)7-9-14-10-8-13/h3-6,14H,2,7-10H2,1H3,(H,15,16)/b5-3-,11-6+. The van der Waals surface area contributed by atoms with Crippen molar-refractivity contribution in [1.29, 1.82) is 0 Å². The summed E-state index contributed by atoms with van der Waals surface area (Å²) in [5.74, 6) is -0.746. The first-order chi connectivity index (χ1) is 7.67. The average molecular weight is 221 g/mol. The Morgan fingerprint density at radius 1 is 1.44 bits per heavy atom. The van der Waals surface area contributed by atoms with Crippen molar-refractivity contribution in [1.82, 2.24) is 5.32 Å². The maximum absolute atomic E-state index is 11.5. The molecule has 0 atom stereocenters. The number of allylic oxidation sites excluding steroid dienone is 4. The van der Waals surface area contributed by atoms with Gasteiger partial charge in [0.15, 0.2) is 0 Å². The molecular formula is C13H19NO2. The van der Waals surface area contributed by atoms with Crippen LogP contribution in [0.15, 0.2) is 36.5 Å². The van der Waals surface area contributed by atoms with Crippen LogP contribution in [0.25, 0.3) is 0 Å². The molecule has 0 aliphatic carbocycles. The molecule has 0 aromatic carbocycles. The first-order valence-electron chi connectivity index (χ1n) is 5.57. The Balaban J connectivity index is 3.07. The van der Waals surface area contributed by atoms with Crippen LogP contribution >= 0.6 is 0 Å². The van der Waals surface area contributed by atoms with E-state index in [0.717, 1.165) is 18.7 Å². The molecule has 0 radical (unpaired) electrons. The smallest absolute Gasteiger partial charge is 0.314 e. The van der Waals surface area contributed by atoms with Crippen LogP contribution in [0.2, 0.25) is 0 Å². The Labute approximate surface area is 96.5 Å². The Morgan fingerprint density at radius 3 is 2.50 bits per heavy atom.